The molecule has 1 atom stereocenters. The number of aromatic hydroxyl groups is 1. The first-order valence-corrected chi connectivity index (χ1v) is 11.6. The minimum atomic E-state index is -4.36. The van der Waals surface area contributed by atoms with Gasteiger partial charge < -0.3 is 10.0 Å². The maximum atomic E-state index is 13.2. The molecule has 0 aliphatic carbocycles. The summed E-state index contributed by atoms with van der Waals surface area (Å²) >= 11 is 0. The van der Waals surface area contributed by atoms with Crippen LogP contribution in [0.5, 0.6) is 5.75 Å². The van der Waals surface area contributed by atoms with Crippen LogP contribution in [0.4, 0.5) is 13.2 Å². The van der Waals surface area contributed by atoms with Crippen LogP contribution >= 0.6 is 0 Å². The Bertz CT molecular complexity index is 926. The summed E-state index contributed by atoms with van der Waals surface area (Å²) in [5.41, 5.74) is 2.34. The summed E-state index contributed by atoms with van der Waals surface area (Å²) in [6.07, 6.45) is -4.36. The van der Waals surface area contributed by atoms with Crippen molar-refractivity contribution in [1.29, 1.82) is 0 Å². The molecule has 0 saturated carbocycles. The van der Waals surface area contributed by atoms with Gasteiger partial charge in [-0.3, -0.25) is 4.90 Å². The lowest BCUT2D eigenvalue weighted by atomic mass is 9.77. The second-order valence-corrected chi connectivity index (χ2v) is 11.3. The Morgan fingerprint density at radius 3 is 1.61 bits per heavy atom. The number of hydrogen-bond donors (Lipinski definition) is 1. The van der Waals surface area contributed by atoms with Crippen LogP contribution in [-0.2, 0) is 17.0 Å². The predicted molar refractivity (Wildman–Crippen MR) is 128 cm³/mol. The molecule has 0 aromatic heterocycles. The molecule has 1 aliphatic rings. The van der Waals surface area contributed by atoms with Crippen LogP contribution in [0.1, 0.15) is 75.4 Å². The third kappa shape index (κ3) is 5.72. The molecule has 1 heterocycles. The molecule has 1 unspecified atom stereocenters. The highest BCUT2D eigenvalue weighted by atomic mass is 19.4. The molecule has 182 valence electrons. The highest BCUT2D eigenvalue weighted by Gasteiger charge is 2.33. The van der Waals surface area contributed by atoms with Gasteiger partial charge >= 0.3 is 6.18 Å². The summed E-state index contributed by atoms with van der Waals surface area (Å²) in [4.78, 5) is 4.60. The Kier molecular flexibility index (Phi) is 6.94. The number of hydrogen-bond acceptors (Lipinski definition) is 3. The van der Waals surface area contributed by atoms with Crippen LogP contribution in [0.2, 0.25) is 0 Å². The van der Waals surface area contributed by atoms with Gasteiger partial charge in [-0.1, -0.05) is 53.7 Å². The van der Waals surface area contributed by atoms with Crippen molar-refractivity contribution >= 4 is 0 Å². The van der Waals surface area contributed by atoms with E-state index in [9.17, 15) is 18.3 Å². The summed E-state index contributed by atoms with van der Waals surface area (Å²) in [5, 5.41) is 11.2. The van der Waals surface area contributed by atoms with Gasteiger partial charge in [-0.25, -0.2) is 0 Å². The second-order valence-electron chi connectivity index (χ2n) is 11.3. The first kappa shape index (κ1) is 25.6. The zero-order chi connectivity index (χ0) is 24.8. The van der Waals surface area contributed by atoms with Crippen LogP contribution in [0.15, 0.2) is 36.4 Å². The van der Waals surface area contributed by atoms with Crippen molar-refractivity contribution in [3.63, 3.8) is 0 Å². The van der Waals surface area contributed by atoms with E-state index in [0.29, 0.717) is 5.75 Å². The summed E-state index contributed by atoms with van der Waals surface area (Å²) in [7, 11) is 2.08. The Labute approximate surface area is 196 Å². The van der Waals surface area contributed by atoms with E-state index >= 15 is 0 Å². The molecule has 33 heavy (non-hydrogen) atoms. The maximum absolute atomic E-state index is 13.2. The quantitative estimate of drug-likeness (QED) is 0.576. The van der Waals surface area contributed by atoms with Crippen molar-refractivity contribution in [2.45, 2.75) is 64.6 Å². The number of benzene rings is 2. The third-order valence-electron chi connectivity index (χ3n) is 6.52. The highest BCUT2D eigenvalue weighted by Crippen LogP contribution is 2.43. The number of halogens is 3. The van der Waals surface area contributed by atoms with Gasteiger partial charge in [0.25, 0.3) is 0 Å². The zero-order valence-electron chi connectivity index (χ0n) is 20.8. The fourth-order valence-electron chi connectivity index (χ4n) is 4.51. The maximum Gasteiger partial charge on any atom is 0.416 e. The van der Waals surface area contributed by atoms with Gasteiger partial charge in [0, 0.05) is 26.2 Å². The van der Waals surface area contributed by atoms with Crippen LogP contribution in [0.3, 0.4) is 0 Å². The normalized spacial score (nSPS) is 17.9. The number of nitrogens with zero attached hydrogens (tertiary/aromatic N) is 2. The summed E-state index contributed by atoms with van der Waals surface area (Å²) in [6, 6.07) is 9.46. The van der Waals surface area contributed by atoms with E-state index in [1.54, 1.807) is 12.1 Å². The van der Waals surface area contributed by atoms with Gasteiger partial charge in [0.05, 0.1) is 11.6 Å². The Hall–Kier alpha value is -2.05. The number of piperazine rings is 1. The van der Waals surface area contributed by atoms with Crippen molar-refractivity contribution in [1.82, 2.24) is 9.80 Å². The van der Waals surface area contributed by atoms with Crippen molar-refractivity contribution < 1.29 is 18.3 Å². The second kappa shape index (κ2) is 8.95. The Balaban J connectivity index is 2.20. The molecule has 0 spiro atoms. The molecule has 6 heteroatoms. The molecule has 1 saturated heterocycles. The number of rotatable bonds is 3. The van der Waals surface area contributed by atoms with Crippen LogP contribution in [-0.4, -0.2) is 48.1 Å². The summed E-state index contributed by atoms with van der Waals surface area (Å²) < 4.78 is 39.6. The minimum Gasteiger partial charge on any atom is -0.507 e. The number of phenolic OH excluding ortho intramolecular Hbond substituents is 1. The van der Waals surface area contributed by atoms with Crippen molar-refractivity contribution in [2.24, 2.45) is 0 Å². The average molecular weight is 463 g/mol. The zero-order valence-corrected chi connectivity index (χ0v) is 20.8. The lowest BCUT2D eigenvalue weighted by molar-refractivity contribution is -0.137. The van der Waals surface area contributed by atoms with Gasteiger partial charge in [-0.15, -0.1) is 0 Å². The highest BCUT2D eigenvalue weighted by molar-refractivity contribution is 5.52. The molecule has 0 bridgehead atoms. The van der Waals surface area contributed by atoms with Gasteiger partial charge in [-0.05, 0) is 64.4 Å². The van der Waals surface area contributed by atoms with Crippen LogP contribution in [0.25, 0.3) is 0 Å². The Morgan fingerprint density at radius 2 is 1.21 bits per heavy atom. The number of likely N-dealkylation sites (N-methyl/N-ethyl adjacent to an activating group) is 1. The van der Waals surface area contributed by atoms with Crippen LogP contribution in [0, 0.1) is 0 Å². The molecule has 1 aliphatic heterocycles. The van der Waals surface area contributed by atoms with E-state index in [0.717, 1.165) is 48.4 Å². The molecule has 3 rings (SSSR count). The van der Waals surface area contributed by atoms with Crippen LogP contribution < -0.4 is 0 Å². The van der Waals surface area contributed by atoms with E-state index in [2.05, 4.69) is 58.4 Å². The summed E-state index contributed by atoms with van der Waals surface area (Å²) in [6.45, 7) is 15.9. The largest absolute Gasteiger partial charge is 0.507 e. The Morgan fingerprint density at radius 1 is 0.758 bits per heavy atom. The van der Waals surface area contributed by atoms with Gasteiger partial charge in [-0.2, -0.15) is 13.2 Å². The van der Waals surface area contributed by atoms with Crippen molar-refractivity contribution in [2.75, 3.05) is 33.2 Å². The molecule has 1 N–H and O–H groups in total. The topological polar surface area (TPSA) is 26.7 Å². The molecule has 0 radical (unpaired) electrons. The van der Waals surface area contributed by atoms with E-state index in [1.807, 2.05) is 12.1 Å². The lowest BCUT2D eigenvalue weighted by Crippen LogP contribution is -2.46. The first-order chi connectivity index (χ1) is 15.1. The van der Waals surface area contributed by atoms with Gasteiger partial charge in [0.1, 0.15) is 5.75 Å². The molecule has 0 amide bonds. The van der Waals surface area contributed by atoms with E-state index in [-0.39, 0.29) is 16.9 Å². The molecular formula is C27H37F3N2O. The standard InChI is InChI=1S/C27H37F3N2O/c1-25(2,3)21-16-19(17-22(24(21)33)26(4,5)6)23(32-14-12-31(7)13-15-32)18-8-10-20(11-9-18)27(28,29)30/h8-11,16-17,23,33H,12-15H2,1-7H3. The van der Waals surface area contributed by atoms with Gasteiger partial charge in [0.15, 0.2) is 0 Å². The fraction of sp³-hybridized carbons (Fsp3) is 0.556. The molecular weight excluding hydrogens is 425 g/mol. The van der Waals surface area contributed by atoms with E-state index in [4.69, 9.17) is 0 Å². The van der Waals surface area contributed by atoms with E-state index in [1.165, 1.54) is 12.1 Å². The van der Waals surface area contributed by atoms with Crippen molar-refractivity contribution in [3.05, 3.63) is 64.2 Å². The lowest BCUT2D eigenvalue weighted by Gasteiger charge is -2.39. The number of phenols is 1. The molecule has 2 aromatic carbocycles. The molecule has 1 fully saturated rings. The minimum absolute atomic E-state index is 0.191. The van der Waals surface area contributed by atoms with Crippen molar-refractivity contribution in [3.8, 4) is 5.75 Å². The first-order valence-electron chi connectivity index (χ1n) is 11.6. The monoisotopic (exact) mass is 462 g/mol. The summed E-state index contributed by atoms with van der Waals surface area (Å²) in [5.74, 6) is 0.309. The van der Waals surface area contributed by atoms with E-state index < -0.39 is 11.7 Å². The van der Waals surface area contributed by atoms with Gasteiger partial charge in [0.2, 0.25) is 0 Å². The molecule has 3 nitrogen and oxygen atoms in total. The third-order valence-corrected chi connectivity index (χ3v) is 6.52. The SMILES string of the molecule is CN1CCN(C(c2ccc(C(F)(F)F)cc2)c2cc(C(C)(C)C)c(O)c(C(C)(C)C)c2)CC1. The molecule has 2 aromatic rings. The smallest absolute Gasteiger partial charge is 0.416 e. The predicted octanol–water partition coefficient (Wildman–Crippen LogP) is 6.34. The number of alkyl halides is 3. The fourth-order valence-corrected chi connectivity index (χ4v) is 4.51. The average Bonchev–Trinajstić information content (AvgIpc) is 2.68.